The van der Waals surface area contributed by atoms with Crippen LogP contribution in [0.1, 0.15) is 56.5 Å². The molecule has 3 aliphatic rings. The summed E-state index contributed by atoms with van der Waals surface area (Å²) >= 11 is 0. The summed E-state index contributed by atoms with van der Waals surface area (Å²) in [4.78, 5) is 22.1. The molecule has 0 spiro atoms. The number of ether oxygens (including phenoxy) is 1. The van der Waals surface area contributed by atoms with Crippen molar-refractivity contribution in [2.24, 2.45) is 10.9 Å². The number of carbonyl (C=O) groups is 1. The Kier molecular flexibility index (Phi) is 6.78. The number of benzene rings is 3. The summed E-state index contributed by atoms with van der Waals surface area (Å²) in [6, 6.07) is 13.1. The van der Waals surface area contributed by atoms with E-state index in [4.69, 9.17) is 10.2 Å². The van der Waals surface area contributed by atoms with Gasteiger partial charge in [0, 0.05) is 66.4 Å². The third kappa shape index (κ3) is 6.49. The number of nitrogens with zero attached hydrogens (tertiary/aromatic N) is 3. The van der Waals surface area contributed by atoms with Crippen molar-refractivity contribution in [2.75, 3.05) is 51.3 Å². The summed E-state index contributed by atoms with van der Waals surface area (Å²) in [6.07, 6.45) is 2.83. The summed E-state index contributed by atoms with van der Waals surface area (Å²) in [7, 11) is 0. The number of anilines is 1. The predicted molar refractivity (Wildman–Crippen MR) is 157 cm³/mol. The van der Waals surface area contributed by atoms with Gasteiger partial charge in [-0.05, 0) is 97.2 Å². The minimum absolute atomic E-state index is 0.261. The topological polar surface area (TPSA) is 57.2 Å². The highest BCUT2D eigenvalue weighted by Crippen LogP contribution is 2.28. The van der Waals surface area contributed by atoms with E-state index in [0.29, 0.717) is 68.8 Å². The highest BCUT2D eigenvalue weighted by Gasteiger charge is 2.24. The van der Waals surface area contributed by atoms with Crippen LogP contribution < -0.4 is 10.2 Å². The maximum Gasteiger partial charge on any atom is 0.257 e. The lowest BCUT2D eigenvalue weighted by molar-refractivity contribution is 0.0664. The van der Waals surface area contributed by atoms with E-state index in [-0.39, 0.29) is 12.3 Å². The molecule has 2 fully saturated rings. The van der Waals surface area contributed by atoms with E-state index in [0.717, 1.165) is 47.2 Å². The molecule has 3 aromatic rings. The van der Waals surface area contributed by atoms with Crippen molar-refractivity contribution in [1.29, 1.82) is 0 Å². The Hall–Kier alpha value is -3.62. The Bertz CT molecular complexity index is 1590. The number of hydrogen-bond acceptors (Lipinski definition) is 5. The van der Waals surface area contributed by atoms with E-state index < -0.39 is 24.7 Å². The van der Waals surface area contributed by atoms with Crippen LogP contribution in [-0.4, -0.2) is 63.0 Å². The van der Waals surface area contributed by atoms with Crippen LogP contribution in [0, 0.1) is 17.6 Å². The van der Waals surface area contributed by atoms with Gasteiger partial charge in [0.1, 0.15) is 17.5 Å². The number of likely N-dealkylation sites (N-methyl/N-ethyl adjacent to an activating group) is 1. The number of nitrogens with one attached hydrogen (secondary N) is 1. The Labute approximate surface area is 245 Å². The number of carbonyl (C=O) groups excluding carboxylic acids is 1. The molecule has 214 valence electrons. The number of halogens is 2. The Morgan fingerprint density at radius 2 is 1.83 bits per heavy atom. The van der Waals surface area contributed by atoms with Crippen LogP contribution in [0.25, 0.3) is 0 Å². The zero-order valence-electron chi connectivity index (χ0n) is 26.9. The first kappa shape index (κ1) is 23.0. The van der Waals surface area contributed by atoms with Gasteiger partial charge < -0.3 is 19.9 Å². The number of amidine groups is 1. The number of aliphatic imine (C=N–C) groups is 1. The number of amides is 1. The van der Waals surface area contributed by atoms with Crippen LogP contribution >= 0.6 is 0 Å². The van der Waals surface area contributed by atoms with Crippen molar-refractivity contribution in [1.82, 2.24) is 10.2 Å². The zero-order valence-corrected chi connectivity index (χ0v) is 22.9. The van der Waals surface area contributed by atoms with E-state index in [1.165, 1.54) is 17.0 Å². The second-order valence-corrected chi connectivity index (χ2v) is 11.0. The molecule has 0 saturated carbocycles. The smallest absolute Gasteiger partial charge is 0.257 e. The van der Waals surface area contributed by atoms with E-state index in [9.17, 15) is 13.6 Å². The lowest BCUT2D eigenvalue weighted by Crippen LogP contribution is -2.44. The van der Waals surface area contributed by atoms with E-state index in [1.807, 2.05) is 30.3 Å². The van der Waals surface area contributed by atoms with Gasteiger partial charge in [0.05, 0.1) is 7.92 Å². The summed E-state index contributed by atoms with van der Waals surface area (Å²) in [5.74, 6) is -1.22. The summed E-state index contributed by atoms with van der Waals surface area (Å²) in [5, 5.41) is 3.03. The maximum atomic E-state index is 14.0. The number of hydrogen-bond donors (Lipinski definition) is 1. The summed E-state index contributed by atoms with van der Waals surface area (Å²) in [5.41, 5.74) is 5.41. The molecular weight excluding hydrogens is 522 g/mol. The lowest BCUT2D eigenvalue weighted by atomic mass is 9.89. The second kappa shape index (κ2) is 12.1. The fourth-order valence-electron chi connectivity index (χ4n) is 5.91. The number of piperazine rings is 1. The summed E-state index contributed by atoms with van der Waals surface area (Å²) < 4.78 is 64.1. The van der Waals surface area contributed by atoms with Crippen molar-refractivity contribution in [3.8, 4) is 0 Å². The average Bonchev–Trinajstić information content (AvgIpc) is 3.41. The largest absolute Gasteiger partial charge is 0.381 e. The van der Waals surface area contributed by atoms with Crippen molar-refractivity contribution in [2.45, 2.75) is 32.2 Å². The first-order chi connectivity index (χ1) is 21.5. The van der Waals surface area contributed by atoms with Gasteiger partial charge >= 0.3 is 0 Å². The van der Waals surface area contributed by atoms with Crippen LogP contribution in [0.15, 0.2) is 59.6 Å². The lowest BCUT2D eigenvalue weighted by Gasteiger charge is -2.34. The molecule has 3 aromatic carbocycles. The fourth-order valence-corrected chi connectivity index (χ4v) is 5.91. The molecule has 0 atom stereocenters. The van der Waals surface area contributed by atoms with Gasteiger partial charge in [-0.2, -0.15) is 0 Å². The first-order valence-electron chi connectivity index (χ1n) is 16.2. The monoisotopic (exact) mass is 562 g/mol. The highest BCUT2D eigenvalue weighted by atomic mass is 19.1. The molecule has 0 radical (unpaired) electrons. The standard InChI is InChI=1S/C33H36F2N4O2/c1-38-8-10-39(11-9-38)29-4-5-30(26(19-29)15-22-6-12-41-13-7-22)33(40)37-32-31-18-23(2-3-25(31)21-36-32)14-24-16-27(34)20-28(35)17-24/h2-5,16-20,22H,6-15,21H2,1H3,(H,36,37,40)/i1D3,20D. The van der Waals surface area contributed by atoms with E-state index in [2.05, 4.69) is 21.3 Å². The predicted octanol–water partition coefficient (Wildman–Crippen LogP) is 4.97. The van der Waals surface area contributed by atoms with Gasteiger partial charge in [-0.25, -0.2) is 8.78 Å². The van der Waals surface area contributed by atoms with Crippen LogP contribution in [0.3, 0.4) is 0 Å². The quantitative estimate of drug-likeness (QED) is 0.461. The molecule has 1 amide bonds. The molecule has 3 heterocycles. The Balaban J connectivity index is 1.21. The average molecular weight is 563 g/mol. The minimum atomic E-state index is -2.10. The van der Waals surface area contributed by atoms with Crippen LogP contribution in [0.2, 0.25) is 0 Å². The molecule has 41 heavy (non-hydrogen) atoms. The van der Waals surface area contributed by atoms with Gasteiger partial charge in [-0.1, -0.05) is 12.1 Å². The fraction of sp³-hybridized carbons (Fsp3) is 0.394. The molecule has 8 heteroatoms. The van der Waals surface area contributed by atoms with Gasteiger partial charge in [0.15, 0.2) is 0 Å². The van der Waals surface area contributed by atoms with Crippen LogP contribution in [0.4, 0.5) is 14.5 Å². The van der Waals surface area contributed by atoms with Gasteiger partial charge in [-0.3, -0.25) is 9.79 Å². The molecule has 3 aliphatic heterocycles. The molecule has 2 saturated heterocycles. The Morgan fingerprint density at radius 1 is 1.05 bits per heavy atom. The number of rotatable bonds is 6. The SMILES string of the molecule is [2H]c1c(F)cc(Cc2ccc3c(c2)C(NC(=O)c2ccc(N4CCN(C([2H])([2H])[2H])CC4)cc2CC2CCOCC2)=NC3)cc1F. The van der Waals surface area contributed by atoms with Gasteiger partial charge in [0.2, 0.25) is 0 Å². The van der Waals surface area contributed by atoms with Crippen LogP contribution in [0.5, 0.6) is 0 Å². The van der Waals surface area contributed by atoms with Crippen molar-refractivity contribution in [3.05, 3.63) is 99.6 Å². The third-order valence-electron chi connectivity index (χ3n) is 8.17. The molecular formula is C33H36F2N4O2. The van der Waals surface area contributed by atoms with E-state index in [1.54, 1.807) is 0 Å². The highest BCUT2D eigenvalue weighted by molar-refractivity contribution is 6.14. The van der Waals surface area contributed by atoms with Gasteiger partial charge in [-0.15, -0.1) is 0 Å². The van der Waals surface area contributed by atoms with Crippen molar-refractivity contribution >= 4 is 17.4 Å². The molecule has 0 aliphatic carbocycles. The molecule has 6 rings (SSSR count). The summed E-state index contributed by atoms with van der Waals surface area (Å²) in [6.45, 7) is 1.76. The molecule has 0 aromatic heterocycles. The van der Waals surface area contributed by atoms with Crippen molar-refractivity contribution < 1.29 is 23.8 Å². The van der Waals surface area contributed by atoms with E-state index >= 15 is 0 Å². The minimum Gasteiger partial charge on any atom is -0.381 e. The number of fused-ring (bicyclic) bond motifs is 1. The molecule has 0 unspecified atom stereocenters. The third-order valence-corrected chi connectivity index (χ3v) is 8.17. The Morgan fingerprint density at radius 3 is 2.59 bits per heavy atom. The molecule has 6 nitrogen and oxygen atoms in total. The molecule has 0 bridgehead atoms. The molecule has 1 N–H and O–H groups in total. The zero-order chi connectivity index (χ0) is 31.7. The second-order valence-electron chi connectivity index (χ2n) is 11.0. The normalized spacial score (nSPS) is 19.6. The van der Waals surface area contributed by atoms with Crippen LogP contribution in [-0.2, 0) is 24.1 Å². The first-order valence-corrected chi connectivity index (χ1v) is 14.2. The maximum absolute atomic E-state index is 14.0. The van der Waals surface area contributed by atoms with Gasteiger partial charge in [0.25, 0.3) is 5.91 Å². The van der Waals surface area contributed by atoms with Crippen molar-refractivity contribution in [3.63, 3.8) is 0 Å².